The molecule has 0 heterocycles. The number of unbranched alkanes of at least 4 members (excludes halogenated alkanes) is 12. The molecule has 29 heavy (non-hydrogen) atoms. The van der Waals surface area contributed by atoms with Gasteiger partial charge in [0, 0.05) is 0 Å². The van der Waals surface area contributed by atoms with E-state index in [4.69, 9.17) is 13.6 Å². The normalized spacial score (nSPS) is 12.4. The second kappa shape index (κ2) is 21.6. The van der Waals surface area contributed by atoms with Crippen LogP contribution in [0.5, 0.6) is 0 Å². The van der Waals surface area contributed by atoms with Crippen LogP contribution in [0.2, 0.25) is 0 Å². The summed E-state index contributed by atoms with van der Waals surface area (Å²) < 4.78 is 28.9. The number of hydrogen-bond acceptors (Lipinski definition) is 4. The van der Waals surface area contributed by atoms with E-state index in [-0.39, 0.29) is 0 Å². The largest absolute Gasteiger partial charge is 0.645 e. The van der Waals surface area contributed by atoms with Crippen molar-refractivity contribution in [1.82, 2.24) is 0 Å². The highest BCUT2D eigenvalue weighted by Crippen LogP contribution is 2.50. The van der Waals surface area contributed by atoms with Gasteiger partial charge < -0.3 is 13.6 Å². The Balaban J connectivity index is 4.40. The Hall–Kier alpha value is -1.15. The van der Waals surface area contributed by atoms with Crippen LogP contribution in [0.1, 0.15) is 117 Å². The van der Waals surface area contributed by atoms with Gasteiger partial charge in [-0.15, -0.1) is 0 Å². The van der Waals surface area contributed by atoms with E-state index < -0.39 is 7.82 Å². The molecule has 5 heteroatoms. The standard InChI is InChI=1S/C24H45O4P/c1-4-7-10-13-16-19-22-26-29(25,27-23-20-17-14-11-8-5-2)28-24-21-18-15-12-9-6-3/h19-24H,4-18H2,1-3H3/b22-19+,23-20+,24-21+. The van der Waals surface area contributed by atoms with Crippen LogP contribution < -0.4 is 0 Å². The molecule has 0 unspecified atom stereocenters. The molecule has 0 radical (unpaired) electrons. The van der Waals surface area contributed by atoms with Gasteiger partial charge in [-0.2, -0.15) is 4.57 Å². The van der Waals surface area contributed by atoms with Gasteiger partial charge >= 0.3 is 7.82 Å². The SMILES string of the molecule is CCCCCC/C=C/OP(=O)(O/C=C/CCCCCC)O/C=C/CCCCCC. The summed E-state index contributed by atoms with van der Waals surface area (Å²) in [5, 5.41) is 0. The molecule has 0 bridgehead atoms. The maximum atomic E-state index is 12.8. The summed E-state index contributed by atoms with van der Waals surface area (Å²) in [6.45, 7) is 6.58. The lowest BCUT2D eigenvalue weighted by Crippen LogP contribution is -1.89. The van der Waals surface area contributed by atoms with Crippen LogP contribution in [0.25, 0.3) is 0 Å². The Morgan fingerprint density at radius 1 is 0.517 bits per heavy atom. The third-order valence-electron chi connectivity index (χ3n) is 4.53. The Kier molecular flexibility index (Phi) is 20.7. The molecular formula is C24H45O4P. The average Bonchev–Trinajstić information content (AvgIpc) is 2.72. The monoisotopic (exact) mass is 428 g/mol. The molecule has 0 aromatic rings. The number of phosphoric ester groups is 1. The Morgan fingerprint density at radius 3 is 1.10 bits per heavy atom. The molecule has 0 saturated carbocycles. The first-order chi connectivity index (χ1) is 14.2. The van der Waals surface area contributed by atoms with Gasteiger partial charge in [-0.1, -0.05) is 78.6 Å². The van der Waals surface area contributed by atoms with E-state index >= 15 is 0 Å². The van der Waals surface area contributed by atoms with Crippen molar-refractivity contribution in [3.8, 4) is 0 Å². The van der Waals surface area contributed by atoms with Gasteiger partial charge in [0.05, 0.1) is 18.8 Å². The van der Waals surface area contributed by atoms with Crippen molar-refractivity contribution in [3.05, 3.63) is 37.0 Å². The summed E-state index contributed by atoms with van der Waals surface area (Å²) in [7, 11) is -3.66. The van der Waals surface area contributed by atoms with Crippen LogP contribution in [0.3, 0.4) is 0 Å². The molecule has 0 amide bonds. The zero-order valence-electron chi connectivity index (χ0n) is 19.2. The highest BCUT2D eigenvalue weighted by molar-refractivity contribution is 7.48. The molecule has 0 atom stereocenters. The zero-order chi connectivity index (χ0) is 21.5. The minimum Gasteiger partial charge on any atom is -0.394 e. The van der Waals surface area contributed by atoms with Crippen molar-refractivity contribution < 1.29 is 18.1 Å². The van der Waals surface area contributed by atoms with Gasteiger partial charge in [-0.25, -0.2) is 0 Å². The first-order valence-electron chi connectivity index (χ1n) is 11.8. The first-order valence-corrected chi connectivity index (χ1v) is 13.2. The Labute approximate surface area is 180 Å². The number of allylic oxidation sites excluding steroid dienone is 3. The van der Waals surface area contributed by atoms with Gasteiger partial charge in [0.25, 0.3) is 0 Å². The summed E-state index contributed by atoms with van der Waals surface area (Å²) in [6.07, 6.45) is 27.0. The smallest absolute Gasteiger partial charge is 0.394 e. The lowest BCUT2D eigenvalue weighted by atomic mass is 10.2. The van der Waals surface area contributed by atoms with Crippen LogP contribution in [-0.4, -0.2) is 0 Å². The van der Waals surface area contributed by atoms with Crippen LogP contribution in [-0.2, 0) is 18.1 Å². The van der Waals surface area contributed by atoms with Crippen molar-refractivity contribution in [3.63, 3.8) is 0 Å². The summed E-state index contributed by atoms with van der Waals surface area (Å²) in [5.74, 6) is 0. The molecule has 0 aliphatic heterocycles. The molecule has 170 valence electrons. The molecule has 0 aromatic heterocycles. The van der Waals surface area contributed by atoms with Crippen LogP contribution >= 0.6 is 7.82 Å². The maximum Gasteiger partial charge on any atom is 0.645 e. The third kappa shape index (κ3) is 19.9. The fourth-order valence-electron chi connectivity index (χ4n) is 2.70. The zero-order valence-corrected chi connectivity index (χ0v) is 20.0. The van der Waals surface area contributed by atoms with E-state index in [0.717, 1.165) is 38.5 Å². The van der Waals surface area contributed by atoms with E-state index in [1.165, 1.54) is 76.6 Å². The molecular weight excluding hydrogens is 383 g/mol. The summed E-state index contributed by atoms with van der Waals surface area (Å²) in [6, 6.07) is 0. The van der Waals surface area contributed by atoms with Gasteiger partial charge in [-0.3, -0.25) is 0 Å². The van der Waals surface area contributed by atoms with Crippen molar-refractivity contribution in [1.29, 1.82) is 0 Å². The predicted molar refractivity (Wildman–Crippen MR) is 125 cm³/mol. The minimum absolute atomic E-state index is 0.903. The number of phosphoric acid groups is 1. The van der Waals surface area contributed by atoms with Gasteiger partial charge in [0.15, 0.2) is 0 Å². The topological polar surface area (TPSA) is 44.8 Å². The third-order valence-corrected chi connectivity index (χ3v) is 5.67. The average molecular weight is 429 g/mol. The molecule has 0 aromatic carbocycles. The number of hydrogen-bond donors (Lipinski definition) is 0. The fourth-order valence-corrected chi connectivity index (χ4v) is 3.55. The number of rotatable bonds is 21. The van der Waals surface area contributed by atoms with Crippen LogP contribution in [0.4, 0.5) is 0 Å². The molecule has 0 spiro atoms. The van der Waals surface area contributed by atoms with Gasteiger partial charge in [-0.05, 0) is 56.8 Å². The van der Waals surface area contributed by atoms with Crippen molar-refractivity contribution in [2.45, 2.75) is 117 Å². The highest BCUT2D eigenvalue weighted by Gasteiger charge is 2.27. The van der Waals surface area contributed by atoms with Crippen LogP contribution in [0, 0.1) is 0 Å². The second-order valence-corrected chi connectivity index (χ2v) is 8.95. The van der Waals surface area contributed by atoms with Crippen LogP contribution in [0.15, 0.2) is 37.0 Å². The fraction of sp³-hybridized carbons (Fsp3) is 0.750. The Bertz CT molecular complexity index is 405. The van der Waals surface area contributed by atoms with Gasteiger partial charge in [0.1, 0.15) is 0 Å². The van der Waals surface area contributed by atoms with Crippen molar-refractivity contribution in [2.75, 3.05) is 0 Å². The molecule has 0 saturated heterocycles. The molecule has 0 aliphatic carbocycles. The highest BCUT2D eigenvalue weighted by atomic mass is 31.2. The van der Waals surface area contributed by atoms with E-state index in [1.807, 2.05) is 18.2 Å². The lowest BCUT2D eigenvalue weighted by Gasteiger charge is -2.13. The summed E-state index contributed by atoms with van der Waals surface area (Å²) in [5.41, 5.74) is 0. The van der Waals surface area contributed by atoms with E-state index in [2.05, 4.69) is 20.8 Å². The lowest BCUT2D eigenvalue weighted by molar-refractivity contribution is 0.229. The Morgan fingerprint density at radius 2 is 0.828 bits per heavy atom. The van der Waals surface area contributed by atoms with E-state index in [9.17, 15) is 4.57 Å². The second-order valence-electron chi connectivity index (χ2n) is 7.43. The summed E-state index contributed by atoms with van der Waals surface area (Å²) >= 11 is 0. The molecule has 4 nitrogen and oxygen atoms in total. The molecule has 0 fully saturated rings. The van der Waals surface area contributed by atoms with Crippen molar-refractivity contribution >= 4 is 7.82 Å². The van der Waals surface area contributed by atoms with Gasteiger partial charge in [0.2, 0.25) is 0 Å². The quantitative estimate of drug-likeness (QED) is 0.104. The molecule has 0 rings (SSSR count). The summed E-state index contributed by atoms with van der Waals surface area (Å²) in [4.78, 5) is 0. The molecule has 0 N–H and O–H groups in total. The van der Waals surface area contributed by atoms with Crippen molar-refractivity contribution in [2.24, 2.45) is 0 Å². The van der Waals surface area contributed by atoms with E-state index in [1.54, 1.807) is 0 Å². The van der Waals surface area contributed by atoms with E-state index in [0.29, 0.717) is 0 Å². The maximum absolute atomic E-state index is 12.8. The minimum atomic E-state index is -3.66. The first kappa shape index (κ1) is 27.8. The molecule has 0 aliphatic rings. The predicted octanol–water partition coefficient (Wildman–Crippen LogP) is 9.60.